The second-order valence-electron chi connectivity index (χ2n) is 7.23. The van der Waals surface area contributed by atoms with Gasteiger partial charge in [0.1, 0.15) is 23.8 Å². The summed E-state index contributed by atoms with van der Waals surface area (Å²) in [5.74, 6) is 1.58. The maximum atomic E-state index is 12.7. The zero-order valence-electron chi connectivity index (χ0n) is 16.9. The number of thiocarbonyl (C=S) groups is 1. The van der Waals surface area contributed by atoms with Gasteiger partial charge in [-0.2, -0.15) is 0 Å². The number of nitrogens with zero attached hydrogens (tertiary/aromatic N) is 1. The average molecular weight is 510 g/mol. The minimum Gasteiger partial charge on any atom is -0.496 e. The summed E-state index contributed by atoms with van der Waals surface area (Å²) in [6.45, 7) is 4.97. The van der Waals surface area contributed by atoms with E-state index < -0.39 is 0 Å². The van der Waals surface area contributed by atoms with E-state index in [0.717, 1.165) is 15.6 Å². The van der Waals surface area contributed by atoms with Crippen molar-refractivity contribution in [1.82, 2.24) is 10.2 Å². The van der Waals surface area contributed by atoms with Crippen molar-refractivity contribution in [2.45, 2.75) is 20.5 Å². The van der Waals surface area contributed by atoms with Gasteiger partial charge < -0.3 is 14.8 Å². The minimum atomic E-state index is -0.118. The molecule has 2 aromatic rings. The lowest BCUT2D eigenvalue weighted by atomic mass is 10.1. The number of ether oxygens (including phenoxy) is 2. The first-order chi connectivity index (χ1) is 14.3. The highest BCUT2D eigenvalue weighted by Gasteiger charge is 2.30. The number of benzene rings is 2. The number of methoxy groups -OCH3 is 1. The van der Waals surface area contributed by atoms with Crippen LogP contribution in [0.15, 0.2) is 46.6 Å². The third-order valence-corrected chi connectivity index (χ3v) is 5.58. The van der Waals surface area contributed by atoms with E-state index in [0.29, 0.717) is 46.4 Å². The fourth-order valence-corrected chi connectivity index (χ4v) is 4.08. The molecule has 1 saturated heterocycles. The van der Waals surface area contributed by atoms with Gasteiger partial charge in [0, 0.05) is 17.1 Å². The highest BCUT2D eigenvalue weighted by Crippen LogP contribution is 2.30. The molecule has 30 heavy (non-hydrogen) atoms. The second kappa shape index (κ2) is 9.81. The van der Waals surface area contributed by atoms with Crippen molar-refractivity contribution >= 4 is 56.8 Å². The molecule has 0 unspecified atom stereocenters. The highest BCUT2D eigenvalue weighted by atomic mass is 79.9. The first kappa shape index (κ1) is 22.6. The molecule has 8 heteroatoms. The molecule has 158 valence electrons. The third-order valence-electron chi connectivity index (χ3n) is 4.40. The molecule has 3 rings (SSSR count). The molecule has 1 aliphatic rings. The smallest absolute Gasteiger partial charge is 0.276 e. The van der Waals surface area contributed by atoms with E-state index >= 15 is 0 Å². The van der Waals surface area contributed by atoms with Gasteiger partial charge in [0.25, 0.3) is 5.91 Å². The number of carbonyl (C=O) groups is 1. The summed E-state index contributed by atoms with van der Waals surface area (Å²) >= 11 is 14.7. The van der Waals surface area contributed by atoms with E-state index in [1.807, 2.05) is 32.0 Å². The predicted molar refractivity (Wildman–Crippen MR) is 127 cm³/mol. The Balaban J connectivity index is 1.81. The van der Waals surface area contributed by atoms with Gasteiger partial charge in [-0.15, -0.1) is 0 Å². The number of hydrogen-bond acceptors (Lipinski definition) is 4. The van der Waals surface area contributed by atoms with Gasteiger partial charge in [0.2, 0.25) is 0 Å². The molecule has 0 saturated carbocycles. The predicted octanol–water partition coefficient (Wildman–Crippen LogP) is 5.40. The van der Waals surface area contributed by atoms with Crippen LogP contribution in [0.2, 0.25) is 5.02 Å². The van der Waals surface area contributed by atoms with Crippen molar-refractivity contribution in [3.63, 3.8) is 0 Å². The number of rotatable bonds is 7. The summed E-state index contributed by atoms with van der Waals surface area (Å²) in [4.78, 5) is 14.3. The van der Waals surface area contributed by atoms with Crippen molar-refractivity contribution in [3.8, 4) is 11.5 Å². The molecule has 0 spiro atoms. The topological polar surface area (TPSA) is 50.8 Å². The largest absolute Gasteiger partial charge is 0.496 e. The summed E-state index contributed by atoms with van der Waals surface area (Å²) in [6, 6.07) is 11.0. The Morgan fingerprint density at radius 2 is 1.97 bits per heavy atom. The van der Waals surface area contributed by atoms with Gasteiger partial charge in [0.15, 0.2) is 5.11 Å². The van der Waals surface area contributed by atoms with Crippen LogP contribution in [0, 0.1) is 5.92 Å². The minimum absolute atomic E-state index is 0.118. The van der Waals surface area contributed by atoms with E-state index in [4.69, 9.17) is 33.3 Å². The molecule has 2 aromatic carbocycles. The van der Waals surface area contributed by atoms with Crippen LogP contribution in [0.1, 0.15) is 25.0 Å². The maximum Gasteiger partial charge on any atom is 0.276 e. The van der Waals surface area contributed by atoms with E-state index in [1.54, 1.807) is 36.3 Å². The fourth-order valence-electron chi connectivity index (χ4n) is 3.02. The van der Waals surface area contributed by atoms with Gasteiger partial charge >= 0.3 is 0 Å². The normalized spacial score (nSPS) is 15.1. The molecule has 0 atom stereocenters. The summed E-state index contributed by atoms with van der Waals surface area (Å²) in [7, 11) is 1.61. The van der Waals surface area contributed by atoms with E-state index in [-0.39, 0.29) is 5.91 Å². The summed E-state index contributed by atoms with van der Waals surface area (Å²) in [6.07, 6.45) is 1.79. The Bertz CT molecular complexity index is 1010. The van der Waals surface area contributed by atoms with Crippen LogP contribution >= 0.6 is 39.7 Å². The van der Waals surface area contributed by atoms with Crippen LogP contribution in [-0.2, 0) is 11.4 Å². The van der Waals surface area contributed by atoms with Crippen molar-refractivity contribution in [3.05, 3.63) is 62.7 Å². The molecule has 0 aromatic heterocycles. The molecule has 1 heterocycles. The van der Waals surface area contributed by atoms with Crippen LogP contribution in [0.4, 0.5) is 0 Å². The Hall–Kier alpha value is -2.09. The quantitative estimate of drug-likeness (QED) is 0.400. The molecule has 5 nitrogen and oxygen atoms in total. The monoisotopic (exact) mass is 508 g/mol. The standard InChI is InChI=1S/C22H22BrClN2O3S/c1-13(2)11-26-21(27)18(25-22(26)30)9-14-4-6-19(28-3)15(8-14)12-29-20-7-5-16(24)10-17(20)23/h4-10,13H,11-12H2,1-3H3,(H,25,30)/b18-9+. The van der Waals surface area contributed by atoms with Crippen LogP contribution in [0.5, 0.6) is 11.5 Å². The molecular weight excluding hydrogens is 488 g/mol. The molecule has 1 N–H and O–H groups in total. The Kier molecular flexibility index (Phi) is 7.39. The average Bonchev–Trinajstić information content (AvgIpc) is 2.94. The number of nitrogens with one attached hydrogen (secondary N) is 1. The van der Waals surface area contributed by atoms with Gasteiger partial charge in [-0.05, 0) is 76.0 Å². The van der Waals surface area contributed by atoms with Crippen molar-refractivity contribution in [2.75, 3.05) is 13.7 Å². The summed E-state index contributed by atoms with van der Waals surface area (Å²) in [5.41, 5.74) is 2.15. The second-order valence-corrected chi connectivity index (χ2v) is 8.91. The lowest BCUT2D eigenvalue weighted by Gasteiger charge is -2.16. The molecule has 0 radical (unpaired) electrons. The van der Waals surface area contributed by atoms with Crippen LogP contribution < -0.4 is 14.8 Å². The van der Waals surface area contributed by atoms with E-state index in [1.165, 1.54) is 0 Å². The summed E-state index contributed by atoms with van der Waals surface area (Å²) in [5, 5.41) is 4.07. The first-order valence-corrected chi connectivity index (χ1v) is 11.0. The van der Waals surface area contributed by atoms with Crippen LogP contribution in [0.25, 0.3) is 6.08 Å². The molecule has 0 aliphatic carbocycles. The Morgan fingerprint density at radius 1 is 1.23 bits per heavy atom. The molecule has 1 amide bonds. The molecular formula is C22H22BrClN2O3S. The number of hydrogen-bond donors (Lipinski definition) is 1. The van der Waals surface area contributed by atoms with Crippen molar-refractivity contribution in [2.24, 2.45) is 5.92 Å². The lowest BCUT2D eigenvalue weighted by Crippen LogP contribution is -2.33. The van der Waals surface area contributed by atoms with Crippen molar-refractivity contribution < 1.29 is 14.3 Å². The maximum absolute atomic E-state index is 12.7. The van der Waals surface area contributed by atoms with Crippen LogP contribution in [0.3, 0.4) is 0 Å². The van der Waals surface area contributed by atoms with Gasteiger partial charge in [-0.1, -0.05) is 31.5 Å². The van der Waals surface area contributed by atoms with Crippen LogP contribution in [-0.4, -0.2) is 29.6 Å². The Labute approximate surface area is 195 Å². The lowest BCUT2D eigenvalue weighted by molar-refractivity contribution is -0.122. The highest BCUT2D eigenvalue weighted by molar-refractivity contribution is 9.10. The third kappa shape index (κ3) is 5.33. The number of amides is 1. The molecule has 1 aliphatic heterocycles. The van der Waals surface area contributed by atoms with E-state index in [2.05, 4.69) is 21.2 Å². The summed E-state index contributed by atoms with van der Waals surface area (Å²) < 4.78 is 12.2. The zero-order valence-corrected chi connectivity index (χ0v) is 20.0. The van der Waals surface area contributed by atoms with Crippen molar-refractivity contribution in [1.29, 1.82) is 0 Å². The zero-order chi connectivity index (χ0) is 21.8. The number of halogens is 2. The van der Waals surface area contributed by atoms with Gasteiger partial charge in [-0.25, -0.2) is 0 Å². The SMILES string of the molecule is COc1ccc(/C=C2/NC(=S)N(CC(C)C)C2=O)cc1COc1ccc(Cl)cc1Br. The fraction of sp³-hybridized carbons (Fsp3) is 0.273. The number of carbonyl (C=O) groups excluding carboxylic acids is 1. The molecule has 1 fully saturated rings. The molecule has 0 bridgehead atoms. The van der Waals surface area contributed by atoms with E-state index in [9.17, 15) is 4.79 Å². The first-order valence-electron chi connectivity index (χ1n) is 9.37. The van der Waals surface area contributed by atoms with Gasteiger partial charge in [-0.3, -0.25) is 9.69 Å². The Morgan fingerprint density at radius 3 is 2.63 bits per heavy atom. The van der Waals surface area contributed by atoms with Gasteiger partial charge in [0.05, 0.1) is 11.6 Å².